The summed E-state index contributed by atoms with van der Waals surface area (Å²) in [6, 6.07) is 1.39. The molecule has 0 fully saturated rings. The molecule has 0 amide bonds. The summed E-state index contributed by atoms with van der Waals surface area (Å²) in [7, 11) is 0. The first kappa shape index (κ1) is 11.9. The summed E-state index contributed by atoms with van der Waals surface area (Å²) in [5, 5.41) is 19.2. The Bertz CT molecular complexity index is 470. The smallest absolute Gasteiger partial charge is 0.287 e. The molecular formula is C8H6F2N4O2. The number of nitro groups is 1. The fourth-order valence-electron chi connectivity index (χ4n) is 1.22. The zero-order valence-electron chi connectivity index (χ0n) is 7.85. The van der Waals surface area contributed by atoms with Crippen LogP contribution in [0, 0.1) is 21.4 Å². The highest BCUT2D eigenvalue weighted by molar-refractivity contribution is 5.52. The standard InChI is InChI=1S/C8H6F2N4O2/c9-8(10)6-5(2-12)13-3-4(1-11)7(6)14(15)16/h3,8H,1,11H2. The van der Waals surface area contributed by atoms with Crippen LogP contribution >= 0.6 is 0 Å². The minimum atomic E-state index is -3.14. The molecule has 0 aliphatic carbocycles. The minimum Gasteiger partial charge on any atom is -0.326 e. The molecule has 0 aromatic carbocycles. The second-order valence-corrected chi connectivity index (χ2v) is 2.77. The number of hydrogen-bond acceptors (Lipinski definition) is 5. The maximum absolute atomic E-state index is 12.6. The Kier molecular flexibility index (Phi) is 3.42. The van der Waals surface area contributed by atoms with Crippen LogP contribution in [0.4, 0.5) is 14.5 Å². The van der Waals surface area contributed by atoms with Gasteiger partial charge in [-0.2, -0.15) is 5.26 Å². The fraction of sp³-hybridized carbons (Fsp3) is 0.250. The number of nitriles is 1. The summed E-state index contributed by atoms with van der Waals surface area (Å²) in [5.74, 6) is 0. The summed E-state index contributed by atoms with van der Waals surface area (Å²) in [5.41, 5.74) is 2.59. The molecular weight excluding hydrogens is 222 g/mol. The van der Waals surface area contributed by atoms with Crippen LogP contribution in [-0.2, 0) is 6.54 Å². The van der Waals surface area contributed by atoms with Crippen molar-refractivity contribution in [2.75, 3.05) is 0 Å². The third-order valence-electron chi connectivity index (χ3n) is 1.89. The van der Waals surface area contributed by atoms with Crippen LogP contribution in [0.1, 0.15) is 23.2 Å². The highest BCUT2D eigenvalue weighted by Crippen LogP contribution is 2.33. The molecule has 0 radical (unpaired) electrons. The Hall–Kier alpha value is -2.14. The lowest BCUT2D eigenvalue weighted by atomic mass is 10.1. The molecule has 1 heterocycles. The molecule has 0 aliphatic rings. The molecule has 0 bridgehead atoms. The maximum atomic E-state index is 12.6. The van der Waals surface area contributed by atoms with E-state index in [2.05, 4.69) is 4.98 Å². The van der Waals surface area contributed by atoms with Gasteiger partial charge in [-0.25, -0.2) is 13.8 Å². The van der Waals surface area contributed by atoms with E-state index in [4.69, 9.17) is 11.0 Å². The highest BCUT2D eigenvalue weighted by atomic mass is 19.3. The van der Waals surface area contributed by atoms with Gasteiger partial charge < -0.3 is 5.73 Å². The Morgan fingerprint density at radius 2 is 2.31 bits per heavy atom. The van der Waals surface area contributed by atoms with Crippen LogP contribution < -0.4 is 5.73 Å². The molecule has 0 aliphatic heterocycles. The predicted molar refractivity (Wildman–Crippen MR) is 48.5 cm³/mol. The number of hydrogen-bond donors (Lipinski definition) is 1. The molecule has 2 N–H and O–H groups in total. The first-order chi connectivity index (χ1) is 7.52. The summed E-state index contributed by atoms with van der Waals surface area (Å²) in [4.78, 5) is 13.1. The van der Waals surface area contributed by atoms with Crippen molar-refractivity contribution in [2.45, 2.75) is 13.0 Å². The zero-order chi connectivity index (χ0) is 12.3. The van der Waals surface area contributed by atoms with Gasteiger partial charge in [-0.3, -0.25) is 10.1 Å². The molecule has 0 unspecified atom stereocenters. The van der Waals surface area contributed by atoms with Gasteiger partial charge in [0.05, 0.1) is 10.5 Å². The van der Waals surface area contributed by atoms with Gasteiger partial charge in [0, 0.05) is 12.7 Å². The van der Waals surface area contributed by atoms with Crippen molar-refractivity contribution < 1.29 is 13.7 Å². The van der Waals surface area contributed by atoms with Gasteiger partial charge in [0.15, 0.2) is 5.69 Å². The van der Waals surface area contributed by atoms with Crippen LogP contribution in [0.25, 0.3) is 0 Å². The Morgan fingerprint density at radius 1 is 1.69 bits per heavy atom. The van der Waals surface area contributed by atoms with E-state index >= 15 is 0 Å². The summed E-state index contributed by atoms with van der Waals surface area (Å²) in [6.07, 6.45) is -2.18. The normalized spacial score (nSPS) is 10.2. The third-order valence-corrected chi connectivity index (χ3v) is 1.89. The Morgan fingerprint density at radius 3 is 2.69 bits per heavy atom. The van der Waals surface area contributed by atoms with Crippen molar-refractivity contribution in [3.8, 4) is 6.07 Å². The van der Waals surface area contributed by atoms with E-state index in [-0.39, 0.29) is 12.1 Å². The van der Waals surface area contributed by atoms with Crippen LogP contribution in [-0.4, -0.2) is 9.91 Å². The number of pyridine rings is 1. The zero-order valence-corrected chi connectivity index (χ0v) is 7.85. The van der Waals surface area contributed by atoms with E-state index in [0.29, 0.717) is 0 Å². The molecule has 0 spiro atoms. The number of halogens is 2. The number of nitrogens with two attached hydrogens (primary N) is 1. The molecule has 1 aromatic heterocycles. The number of aromatic nitrogens is 1. The van der Waals surface area contributed by atoms with Crippen molar-refractivity contribution in [3.63, 3.8) is 0 Å². The number of rotatable bonds is 3. The van der Waals surface area contributed by atoms with Gasteiger partial charge in [-0.05, 0) is 0 Å². The van der Waals surface area contributed by atoms with E-state index in [1.807, 2.05) is 0 Å². The first-order valence-electron chi connectivity index (χ1n) is 4.07. The van der Waals surface area contributed by atoms with Gasteiger partial charge in [0.25, 0.3) is 12.1 Å². The Balaban J connectivity index is 3.61. The van der Waals surface area contributed by atoms with E-state index in [0.717, 1.165) is 6.20 Å². The number of alkyl halides is 2. The first-order valence-corrected chi connectivity index (χ1v) is 4.07. The van der Waals surface area contributed by atoms with Crippen molar-refractivity contribution in [2.24, 2.45) is 5.73 Å². The topological polar surface area (TPSA) is 106 Å². The largest absolute Gasteiger partial charge is 0.326 e. The van der Waals surface area contributed by atoms with E-state index < -0.39 is 28.3 Å². The van der Waals surface area contributed by atoms with Crippen LogP contribution in [0.2, 0.25) is 0 Å². The third kappa shape index (κ3) is 1.94. The average molecular weight is 228 g/mol. The number of nitrogens with zero attached hydrogens (tertiary/aromatic N) is 3. The van der Waals surface area contributed by atoms with E-state index in [1.165, 1.54) is 6.07 Å². The molecule has 6 nitrogen and oxygen atoms in total. The molecule has 0 atom stereocenters. The lowest BCUT2D eigenvalue weighted by Gasteiger charge is -2.06. The lowest BCUT2D eigenvalue weighted by Crippen LogP contribution is -2.08. The molecule has 84 valence electrons. The van der Waals surface area contributed by atoms with Gasteiger partial charge in [-0.1, -0.05) is 0 Å². The molecule has 0 saturated heterocycles. The van der Waals surface area contributed by atoms with E-state index in [9.17, 15) is 18.9 Å². The quantitative estimate of drug-likeness (QED) is 0.619. The van der Waals surface area contributed by atoms with Crippen LogP contribution in [0.15, 0.2) is 6.20 Å². The lowest BCUT2D eigenvalue weighted by molar-refractivity contribution is -0.387. The van der Waals surface area contributed by atoms with Gasteiger partial charge in [0.2, 0.25) is 0 Å². The second-order valence-electron chi connectivity index (χ2n) is 2.77. The monoisotopic (exact) mass is 228 g/mol. The van der Waals surface area contributed by atoms with Crippen molar-refractivity contribution >= 4 is 5.69 Å². The second kappa shape index (κ2) is 4.59. The maximum Gasteiger partial charge on any atom is 0.287 e. The summed E-state index contributed by atoms with van der Waals surface area (Å²) >= 11 is 0. The molecule has 8 heteroatoms. The van der Waals surface area contributed by atoms with Gasteiger partial charge >= 0.3 is 0 Å². The predicted octanol–water partition coefficient (Wildman–Crippen LogP) is 1.26. The minimum absolute atomic E-state index is 0.126. The molecule has 1 aromatic rings. The fourth-order valence-corrected chi connectivity index (χ4v) is 1.22. The van der Waals surface area contributed by atoms with Gasteiger partial charge in [-0.15, -0.1) is 0 Å². The van der Waals surface area contributed by atoms with Crippen LogP contribution in [0.3, 0.4) is 0 Å². The SMILES string of the molecule is N#Cc1ncc(CN)c([N+](=O)[O-])c1C(F)F. The molecule has 0 saturated carbocycles. The van der Waals surface area contributed by atoms with Crippen molar-refractivity contribution in [1.29, 1.82) is 5.26 Å². The van der Waals surface area contributed by atoms with Gasteiger partial charge in [0.1, 0.15) is 11.6 Å². The molecule has 16 heavy (non-hydrogen) atoms. The summed E-state index contributed by atoms with van der Waals surface area (Å²) in [6.45, 7) is -0.297. The average Bonchev–Trinajstić information content (AvgIpc) is 2.26. The van der Waals surface area contributed by atoms with Crippen LogP contribution in [0.5, 0.6) is 0 Å². The van der Waals surface area contributed by atoms with Crippen molar-refractivity contribution in [3.05, 3.63) is 33.1 Å². The Labute approximate surface area is 88.5 Å². The summed E-state index contributed by atoms with van der Waals surface area (Å²) < 4.78 is 25.2. The molecule has 1 rings (SSSR count). The van der Waals surface area contributed by atoms with E-state index in [1.54, 1.807) is 0 Å². The highest BCUT2D eigenvalue weighted by Gasteiger charge is 2.29. The van der Waals surface area contributed by atoms with Crippen molar-refractivity contribution in [1.82, 2.24) is 4.98 Å².